The van der Waals surface area contributed by atoms with Crippen LogP contribution in [0.25, 0.3) is 0 Å². The number of hydrogen-bond donors (Lipinski definition) is 2. The van der Waals surface area contributed by atoms with Gasteiger partial charge in [-0.1, -0.05) is 49.4 Å². The topological polar surface area (TPSA) is 115 Å². The molecule has 2 aromatic carbocycles. The Morgan fingerprint density at radius 2 is 1.71 bits per heavy atom. The van der Waals surface area contributed by atoms with Gasteiger partial charge in [0.2, 0.25) is 5.91 Å². The second-order valence-corrected chi connectivity index (χ2v) is 10.5. The molecule has 0 saturated carbocycles. The SMILES string of the molecule is CCn1c(SCC(=O)Nc2cccc(C(=O)OC(C)C)c2)nnc1[C@H](NC(=O)c1ccc(C)cc1)C(C)C. The first-order chi connectivity index (χ1) is 18.1. The van der Waals surface area contributed by atoms with Crippen molar-refractivity contribution >= 4 is 35.2 Å². The fourth-order valence-electron chi connectivity index (χ4n) is 3.73. The number of amides is 2. The minimum absolute atomic E-state index is 0.0645. The Morgan fingerprint density at radius 3 is 2.34 bits per heavy atom. The number of nitrogens with one attached hydrogen (secondary N) is 2. The number of ether oxygens (including phenoxy) is 1. The Labute approximate surface area is 227 Å². The zero-order valence-electron chi connectivity index (χ0n) is 22.6. The lowest BCUT2D eigenvalue weighted by Gasteiger charge is -2.22. The molecule has 0 aliphatic carbocycles. The van der Waals surface area contributed by atoms with Gasteiger partial charge in [0, 0.05) is 17.8 Å². The maximum atomic E-state index is 12.9. The molecule has 0 radical (unpaired) electrons. The van der Waals surface area contributed by atoms with E-state index < -0.39 is 5.97 Å². The number of carbonyl (C=O) groups excluding carboxylic acids is 3. The molecule has 10 heteroatoms. The van der Waals surface area contributed by atoms with Gasteiger partial charge in [-0.05, 0) is 63.9 Å². The van der Waals surface area contributed by atoms with E-state index in [-0.39, 0.29) is 35.6 Å². The van der Waals surface area contributed by atoms with Crippen molar-refractivity contribution in [2.75, 3.05) is 11.1 Å². The Bertz CT molecular complexity index is 1270. The van der Waals surface area contributed by atoms with Crippen LogP contribution in [0.2, 0.25) is 0 Å². The number of carbonyl (C=O) groups is 3. The van der Waals surface area contributed by atoms with Gasteiger partial charge >= 0.3 is 5.97 Å². The van der Waals surface area contributed by atoms with Crippen molar-refractivity contribution in [3.05, 3.63) is 71.0 Å². The second-order valence-electron chi connectivity index (χ2n) is 9.52. The molecule has 0 saturated heterocycles. The molecule has 0 fully saturated rings. The van der Waals surface area contributed by atoms with E-state index in [1.807, 2.05) is 44.4 Å². The molecule has 1 heterocycles. The van der Waals surface area contributed by atoms with Gasteiger partial charge in [-0.3, -0.25) is 9.59 Å². The summed E-state index contributed by atoms with van der Waals surface area (Å²) < 4.78 is 7.14. The first-order valence-corrected chi connectivity index (χ1v) is 13.6. The van der Waals surface area contributed by atoms with E-state index in [1.165, 1.54) is 11.8 Å². The highest BCUT2D eigenvalue weighted by Crippen LogP contribution is 2.26. The van der Waals surface area contributed by atoms with Crippen LogP contribution in [-0.2, 0) is 16.1 Å². The summed E-state index contributed by atoms with van der Waals surface area (Å²) in [5, 5.41) is 15.2. The summed E-state index contributed by atoms with van der Waals surface area (Å²) in [4.78, 5) is 37.7. The quantitative estimate of drug-likeness (QED) is 0.260. The highest BCUT2D eigenvalue weighted by Gasteiger charge is 2.26. The summed E-state index contributed by atoms with van der Waals surface area (Å²) >= 11 is 1.26. The third-order valence-corrected chi connectivity index (χ3v) is 6.63. The van der Waals surface area contributed by atoms with Gasteiger partial charge in [-0.2, -0.15) is 0 Å². The van der Waals surface area contributed by atoms with E-state index in [2.05, 4.69) is 20.8 Å². The number of hydrogen-bond acceptors (Lipinski definition) is 7. The van der Waals surface area contributed by atoms with Crippen LogP contribution in [0.5, 0.6) is 0 Å². The Kier molecular flexibility index (Phi) is 10.1. The molecule has 0 unspecified atom stereocenters. The van der Waals surface area contributed by atoms with Crippen LogP contribution in [-0.4, -0.2) is 44.4 Å². The number of benzene rings is 2. The first-order valence-electron chi connectivity index (χ1n) is 12.6. The van der Waals surface area contributed by atoms with E-state index in [0.717, 1.165) is 5.56 Å². The Morgan fingerprint density at radius 1 is 1.00 bits per heavy atom. The highest BCUT2D eigenvalue weighted by atomic mass is 32.2. The summed E-state index contributed by atoms with van der Waals surface area (Å²) in [6.45, 7) is 12.1. The van der Waals surface area contributed by atoms with Crippen LogP contribution in [0.3, 0.4) is 0 Å². The smallest absolute Gasteiger partial charge is 0.338 e. The minimum Gasteiger partial charge on any atom is -0.459 e. The third kappa shape index (κ3) is 7.67. The average molecular weight is 538 g/mol. The van der Waals surface area contributed by atoms with Gasteiger partial charge in [0.05, 0.1) is 23.5 Å². The van der Waals surface area contributed by atoms with E-state index in [4.69, 9.17) is 4.74 Å². The van der Waals surface area contributed by atoms with E-state index in [0.29, 0.717) is 34.3 Å². The van der Waals surface area contributed by atoms with Crippen molar-refractivity contribution in [2.24, 2.45) is 5.92 Å². The lowest BCUT2D eigenvalue weighted by Crippen LogP contribution is -2.33. The maximum absolute atomic E-state index is 12.9. The van der Waals surface area contributed by atoms with Crippen LogP contribution in [0.1, 0.15) is 72.8 Å². The lowest BCUT2D eigenvalue weighted by molar-refractivity contribution is -0.113. The molecule has 1 atom stereocenters. The largest absolute Gasteiger partial charge is 0.459 e. The molecule has 3 aromatic rings. The van der Waals surface area contributed by atoms with Gasteiger partial charge in [-0.15, -0.1) is 10.2 Å². The summed E-state index contributed by atoms with van der Waals surface area (Å²) in [7, 11) is 0. The first kappa shape index (κ1) is 28.9. The van der Waals surface area contributed by atoms with Crippen molar-refractivity contribution in [2.45, 2.75) is 65.4 Å². The number of rotatable bonds is 11. The van der Waals surface area contributed by atoms with E-state index in [1.54, 1.807) is 50.2 Å². The fourth-order valence-corrected chi connectivity index (χ4v) is 4.54. The summed E-state index contributed by atoms with van der Waals surface area (Å²) in [5.74, 6) is -0.0618. The molecule has 9 nitrogen and oxygen atoms in total. The van der Waals surface area contributed by atoms with Crippen LogP contribution in [0.15, 0.2) is 53.7 Å². The van der Waals surface area contributed by atoms with Gasteiger partial charge in [-0.25, -0.2) is 4.79 Å². The van der Waals surface area contributed by atoms with Crippen LogP contribution < -0.4 is 10.6 Å². The molecule has 2 N–H and O–H groups in total. The predicted molar refractivity (Wildman–Crippen MR) is 148 cm³/mol. The van der Waals surface area contributed by atoms with E-state index in [9.17, 15) is 14.4 Å². The molecule has 0 bridgehead atoms. The molecule has 202 valence electrons. The summed E-state index contributed by atoms with van der Waals surface area (Å²) in [6, 6.07) is 13.7. The Hall–Kier alpha value is -3.66. The van der Waals surface area contributed by atoms with Crippen molar-refractivity contribution in [1.82, 2.24) is 20.1 Å². The molecule has 3 rings (SSSR count). The molecular weight excluding hydrogens is 502 g/mol. The maximum Gasteiger partial charge on any atom is 0.338 e. The van der Waals surface area contributed by atoms with Crippen molar-refractivity contribution in [3.8, 4) is 0 Å². The summed E-state index contributed by atoms with van der Waals surface area (Å²) in [5.41, 5.74) is 2.54. The lowest BCUT2D eigenvalue weighted by atomic mass is 10.0. The predicted octanol–water partition coefficient (Wildman–Crippen LogP) is 5.03. The van der Waals surface area contributed by atoms with E-state index >= 15 is 0 Å². The monoisotopic (exact) mass is 537 g/mol. The van der Waals surface area contributed by atoms with Gasteiger partial charge in [0.25, 0.3) is 5.91 Å². The van der Waals surface area contributed by atoms with Gasteiger partial charge in [0.1, 0.15) is 0 Å². The van der Waals surface area contributed by atoms with Gasteiger partial charge < -0.3 is 19.9 Å². The molecule has 1 aromatic heterocycles. The average Bonchev–Trinajstić information content (AvgIpc) is 3.28. The van der Waals surface area contributed by atoms with Crippen LogP contribution in [0, 0.1) is 12.8 Å². The zero-order valence-corrected chi connectivity index (χ0v) is 23.5. The van der Waals surface area contributed by atoms with Gasteiger partial charge in [0.15, 0.2) is 11.0 Å². The molecule has 38 heavy (non-hydrogen) atoms. The highest BCUT2D eigenvalue weighted by molar-refractivity contribution is 7.99. The van der Waals surface area contributed by atoms with Crippen molar-refractivity contribution in [1.29, 1.82) is 0 Å². The number of aromatic nitrogens is 3. The summed E-state index contributed by atoms with van der Waals surface area (Å²) in [6.07, 6.45) is -0.232. The van der Waals surface area contributed by atoms with Crippen molar-refractivity contribution < 1.29 is 19.1 Å². The number of aryl methyl sites for hydroxylation is 1. The Balaban J connectivity index is 1.67. The minimum atomic E-state index is -0.441. The molecule has 0 spiro atoms. The number of nitrogens with zero attached hydrogens (tertiary/aromatic N) is 3. The van der Waals surface area contributed by atoms with Crippen molar-refractivity contribution in [3.63, 3.8) is 0 Å². The number of anilines is 1. The molecular formula is C28H35N5O4S. The fraction of sp³-hybridized carbons (Fsp3) is 0.393. The standard InChI is InChI=1S/C28H35N5O4S/c1-7-33-25(24(17(2)3)30-26(35)20-13-11-19(6)12-14-20)31-32-28(33)38-16-23(34)29-22-10-8-9-21(15-22)27(36)37-18(4)5/h8-15,17-18,24H,7,16H2,1-6H3,(H,29,34)(H,30,35)/t24-/m1/s1. The van der Waals surface area contributed by atoms with Crippen LogP contribution >= 0.6 is 11.8 Å². The number of esters is 1. The second kappa shape index (κ2) is 13.2. The zero-order chi connectivity index (χ0) is 27.8. The molecule has 0 aliphatic rings. The molecule has 0 aliphatic heterocycles. The van der Waals surface area contributed by atoms with Crippen LogP contribution in [0.4, 0.5) is 5.69 Å². The third-order valence-electron chi connectivity index (χ3n) is 5.66. The number of thioether (sulfide) groups is 1. The normalized spacial score (nSPS) is 11.9. The molecule has 2 amide bonds.